The third kappa shape index (κ3) is 4.74. The van der Waals surface area contributed by atoms with Crippen LogP contribution in [0.25, 0.3) is 0 Å². The first kappa shape index (κ1) is 15.8. The van der Waals surface area contributed by atoms with Gasteiger partial charge < -0.3 is 14.4 Å². The number of hydrogen-bond acceptors (Lipinski definition) is 3. The predicted molar refractivity (Wildman–Crippen MR) is 78.6 cm³/mol. The summed E-state index contributed by atoms with van der Waals surface area (Å²) in [6.07, 6.45) is 5.53. The van der Waals surface area contributed by atoms with E-state index in [1.54, 1.807) is 0 Å². The van der Waals surface area contributed by atoms with Crippen molar-refractivity contribution < 1.29 is 14.3 Å². The van der Waals surface area contributed by atoms with E-state index in [2.05, 4.69) is 13.8 Å². The summed E-state index contributed by atoms with van der Waals surface area (Å²) in [4.78, 5) is 14.5. The molecule has 0 N–H and O–H groups in total. The van der Waals surface area contributed by atoms with Crippen LogP contribution in [0.3, 0.4) is 0 Å². The Hall–Kier alpha value is -0.610. The van der Waals surface area contributed by atoms with Gasteiger partial charge >= 0.3 is 0 Å². The lowest BCUT2D eigenvalue weighted by Gasteiger charge is -2.36. The van der Waals surface area contributed by atoms with Crippen molar-refractivity contribution in [2.45, 2.75) is 52.1 Å². The lowest BCUT2D eigenvalue weighted by atomic mass is 9.97. The van der Waals surface area contributed by atoms with Crippen LogP contribution in [0.4, 0.5) is 0 Å². The van der Waals surface area contributed by atoms with E-state index in [9.17, 15) is 4.79 Å². The minimum absolute atomic E-state index is 0.179. The highest BCUT2D eigenvalue weighted by Gasteiger charge is 2.30. The SMILES string of the molecule is CC(C)CCC[C@H]1CN(C(=O)C2CCOCC2)CCO1. The zero-order valence-electron chi connectivity index (χ0n) is 13.0. The van der Waals surface area contributed by atoms with Crippen LogP contribution in [0.5, 0.6) is 0 Å². The van der Waals surface area contributed by atoms with Crippen LogP contribution in [-0.2, 0) is 14.3 Å². The van der Waals surface area contributed by atoms with Gasteiger partial charge in [0.2, 0.25) is 5.91 Å². The molecule has 0 unspecified atom stereocenters. The maximum atomic E-state index is 12.5. The Morgan fingerprint density at radius 1 is 1.25 bits per heavy atom. The summed E-state index contributed by atoms with van der Waals surface area (Å²) in [6, 6.07) is 0. The first-order valence-electron chi connectivity index (χ1n) is 8.15. The fraction of sp³-hybridized carbons (Fsp3) is 0.938. The van der Waals surface area contributed by atoms with Gasteiger partial charge in [-0.15, -0.1) is 0 Å². The lowest BCUT2D eigenvalue weighted by Crippen LogP contribution is -2.48. The van der Waals surface area contributed by atoms with Gasteiger partial charge in [-0.05, 0) is 25.2 Å². The molecule has 0 saturated carbocycles. The largest absolute Gasteiger partial charge is 0.381 e. The zero-order chi connectivity index (χ0) is 14.4. The van der Waals surface area contributed by atoms with E-state index < -0.39 is 0 Å². The highest BCUT2D eigenvalue weighted by Crippen LogP contribution is 2.21. The van der Waals surface area contributed by atoms with Crippen LogP contribution in [0.15, 0.2) is 0 Å². The Morgan fingerprint density at radius 2 is 2.00 bits per heavy atom. The van der Waals surface area contributed by atoms with Crippen LogP contribution in [-0.4, -0.2) is 49.8 Å². The first-order valence-corrected chi connectivity index (χ1v) is 8.15. The predicted octanol–water partition coefficient (Wildman–Crippen LogP) is 2.47. The monoisotopic (exact) mass is 283 g/mol. The average Bonchev–Trinajstić information content (AvgIpc) is 2.47. The number of rotatable bonds is 5. The Labute approximate surface area is 122 Å². The van der Waals surface area contributed by atoms with Gasteiger partial charge in [0, 0.05) is 32.2 Å². The summed E-state index contributed by atoms with van der Waals surface area (Å²) in [5.41, 5.74) is 0. The van der Waals surface area contributed by atoms with Crippen molar-refractivity contribution in [1.82, 2.24) is 4.90 Å². The molecular formula is C16H29NO3. The van der Waals surface area contributed by atoms with Crippen molar-refractivity contribution in [3.8, 4) is 0 Å². The van der Waals surface area contributed by atoms with Crippen molar-refractivity contribution in [3.05, 3.63) is 0 Å². The van der Waals surface area contributed by atoms with Crippen LogP contribution in [0, 0.1) is 11.8 Å². The molecule has 2 rings (SSSR count). The average molecular weight is 283 g/mol. The molecule has 116 valence electrons. The topological polar surface area (TPSA) is 38.8 Å². The minimum atomic E-state index is 0.179. The van der Waals surface area contributed by atoms with Crippen molar-refractivity contribution in [2.24, 2.45) is 11.8 Å². The summed E-state index contributed by atoms with van der Waals surface area (Å²) < 4.78 is 11.1. The smallest absolute Gasteiger partial charge is 0.226 e. The fourth-order valence-electron chi connectivity index (χ4n) is 3.05. The summed E-state index contributed by atoms with van der Waals surface area (Å²) in [5.74, 6) is 1.25. The molecule has 2 aliphatic rings. The van der Waals surface area contributed by atoms with Crippen LogP contribution in [0.1, 0.15) is 46.0 Å². The van der Waals surface area contributed by atoms with E-state index in [-0.39, 0.29) is 12.0 Å². The van der Waals surface area contributed by atoms with E-state index in [1.165, 1.54) is 12.8 Å². The Kier molecular flexibility index (Phi) is 6.30. The van der Waals surface area contributed by atoms with E-state index in [0.717, 1.165) is 51.5 Å². The molecule has 2 fully saturated rings. The molecule has 1 atom stereocenters. The summed E-state index contributed by atoms with van der Waals surface area (Å²) in [7, 11) is 0. The third-order valence-electron chi connectivity index (χ3n) is 4.33. The van der Waals surface area contributed by atoms with Gasteiger partial charge in [0.15, 0.2) is 0 Å². The van der Waals surface area contributed by atoms with Crippen molar-refractivity contribution >= 4 is 5.91 Å². The summed E-state index contributed by atoms with van der Waals surface area (Å²) >= 11 is 0. The highest BCUT2D eigenvalue weighted by atomic mass is 16.5. The molecule has 1 amide bonds. The second-order valence-electron chi connectivity index (χ2n) is 6.49. The lowest BCUT2D eigenvalue weighted by molar-refractivity contribution is -0.146. The molecule has 2 heterocycles. The number of morpholine rings is 1. The Balaban J connectivity index is 1.75. The van der Waals surface area contributed by atoms with Crippen molar-refractivity contribution in [1.29, 1.82) is 0 Å². The second kappa shape index (κ2) is 7.99. The highest BCUT2D eigenvalue weighted by molar-refractivity contribution is 5.79. The molecule has 4 nitrogen and oxygen atoms in total. The molecule has 0 aromatic rings. The number of amides is 1. The number of nitrogens with zero attached hydrogens (tertiary/aromatic N) is 1. The molecule has 0 spiro atoms. The van der Waals surface area contributed by atoms with Crippen molar-refractivity contribution in [2.75, 3.05) is 32.9 Å². The molecule has 2 aliphatic heterocycles. The molecule has 0 aromatic carbocycles. The van der Waals surface area contributed by atoms with Gasteiger partial charge in [-0.1, -0.05) is 26.7 Å². The number of ether oxygens (including phenoxy) is 2. The molecule has 0 bridgehead atoms. The maximum absolute atomic E-state index is 12.5. The fourth-order valence-corrected chi connectivity index (χ4v) is 3.05. The van der Waals surface area contributed by atoms with E-state index in [1.807, 2.05) is 4.90 Å². The van der Waals surface area contributed by atoms with Gasteiger partial charge in [0.1, 0.15) is 0 Å². The molecule has 0 radical (unpaired) electrons. The van der Waals surface area contributed by atoms with Crippen LogP contribution in [0.2, 0.25) is 0 Å². The minimum Gasteiger partial charge on any atom is -0.381 e. The quantitative estimate of drug-likeness (QED) is 0.778. The zero-order valence-corrected chi connectivity index (χ0v) is 13.0. The van der Waals surface area contributed by atoms with E-state index in [4.69, 9.17) is 9.47 Å². The molecule has 0 aromatic heterocycles. The van der Waals surface area contributed by atoms with Crippen LogP contribution < -0.4 is 0 Å². The summed E-state index contributed by atoms with van der Waals surface area (Å²) in [6.45, 7) is 8.22. The maximum Gasteiger partial charge on any atom is 0.226 e. The van der Waals surface area contributed by atoms with Crippen molar-refractivity contribution in [3.63, 3.8) is 0 Å². The Morgan fingerprint density at radius 3 is 2.70 bits per heavy atom. The van der Waals surface area contributed by atoms with Gasteiger partial charge in [0.25, 0.3) is 0 Å². The van der Waals surface area contributed by atoms with E-state index in [0.29, 0.717) is 12.5 Å². The normalized spacial score (nSPS) is 25.1. The standard InChI is InChI=1S/C16H29NO3/c1-13(2)4-3-5-15-12-17(8-11-20-15)16(18)14-6-9-19-10-7-14/h13-15H,3-12H2,1-2H3/t15-/m0/s1. The molecule has 2 saturated heterocycles. The summed E-state index contributed by atoms with van der Waals surface area (Å²) in [5, 5.41) is 0. The molecule has 4 heteroatoms. The molecular weight excluding hydrogens is 254 g/mol. The number of carbonyl (C=O) groups excluding carboxylic acids is 1. The van der Waals surface area contributed by atoms with E-state index >= 15 is 0 Å². The number of carbonyl (C=O) groups is 1. The molecule has 0 aliphatic carbocycles. The van der Waals surface area contributed by atoms with Gasteiger partial charge in [-0.2, -0.15) is 0 Å². The Bertz CT molecular complexity index is 300. The molecule has 20 heavy (non-hydrogen) atoms. The van der Waals surface area contributed by atoms with Gasteiger partial charge in [-0.25, -0.2) is 0 Å². The van der Waals surface area contributed by atoms with Gasteiger partial charge in [0.05, 0.1) is 12.7 Å². The first-order chi connectivity index (χ1) is 9.66. The second-order valence-corrected chi connectivity index (χ2v) is 6.49. The van der Waals surface area contributed by atoms with Gasteiger partial charge in [-0.3, -0.25) is 4.79 Å². The number of hydrogen-bond donors (Lipinski definition) is 0. The third-order valence-corrected chi connectivity index (χ3v) is 4.33. The van der Waals surface area contributed by atoms with Crippen LogP contribution >= 0.6 is 0 Å².